The number of pyridine rings is 1. The highest BCUT2D eigenvalue weighted by Crippen LogP contribution is 2.32. The second-order valence-corrected chi connectivity index (χ2v) is 11.5. The Hall–Kier alpha value is -5.95. The molecular weight excluding hydrogens is 566 g/mol. The Kier molecular flexibility index (Phi) is 7.64. The Morgan fingerprint density at radius 3 is 0.935 bits per heavy atom. The first-order valence-corrected chi connectivity index (χ1v) is 15.2. The molecule has 3 heterocycles. The van der Waals surface area contributed by atoms with Gasteiger partial charge in [-0.15, -0.1) is 20.4 Å². The molecule has 0 bridgehead atoms. The van der Waals surface area contributed by atoms with Crippen LogP contribution in [0.1, 0.15) is 22.3 Å². The van der Waals surface area contributed by atoms with Crippen LogP contribution in [-0.2, 0) is 0 Å². The van der Waals surface area contributed by atoms with Crippen LogP contribution in [0.3, 0.4) is 0 Å². The van der Waals surface area contributed by atoms with Gasteiger partial charge in [0.2, 0.25) is 11.6 Å². The van der Waals surface area contributed by atoms with Gasteiger partial charge in [0, 0.05) is 22.3 Å². The number of aryl methyl sites for hydroxylation is 4. The summed E-state index contributed by atoms with van der Waals surface area (Å²) in [6.07, 6.45) is 0. The average Bonchev–Trinajstić information content (AvgIpc) is 3.09. The lowest BCUT2D eigenvalue weighted by molar-refractivity contribution is 0.968. The maximum atomic E-state index is 5.02. The van der Waals surface area contributed by atoms with Gasteiger partial charge in [0.25, 0.3) is 0 Å². The van der Waals surface area contributed by atoms with Crippen molar-refractivity contribution in [2.45, 2.75) is 27.7 Å². The van der Waals surface area contributed by atoms with E-state index >= 15 is 0 Å². The van der Waals surface area contributed by atoms with Gasteiger partial charge >= 0.3 is 0 Å². The molecule has 0 saturated carbocycles. The van der Waals surface area contributed by atoms with E-state index < -0.39 is 0 Å². The van der Waals surface area contributed by atoms with Crippen LogP contribution in [-0.4, -0.2) is 35.3 Å². The van der Waals surface area contributed by atoms with E-state index in [2.05, 4.69) is 121 Å². The van der Waals surface area contributed by atoms with Crippen molar-refractivity contribution in [1.29, 1.82) is 0 Å². The Morgan fingerprint density at radius 1 is 0.304 bits per heavy atom. The quantitative estimate of drug-likeness (QED) is 0.189. The van der Waals surface area contributed by atoms with Crippen LogP contribution in [0.15, 0.2) is 115 Å². The molecule has 4 aromatic carbocycles. The first-order chi connectivity index (χ1) is 22.4. The van der Waals surface area contributed by atoms with Crippen molar-refractivity contribution in [3.63, 3.8) is 0 Å². The molecule has 7 rings (SSSR count). The average molecular weight is 598 g/mol. The molecule has 7 heteroatoms. The van der Waals surface area contributed by atoms with E-state index in [1.165, 1.54) is 22.3 Å². The van der Waals surface area contributed by atoms with Crippen molar-refractivity contribution in [3.8, 4) is 68.1 Å². The molecule has 0 aliphatic rings. The zero-order valence-corrected chi connectivity index (χ0v) is 26.1. The summed E-state index contributed by atoms with van der Waals surface area (Å²) in [7, 11) is 0. The largest absolute Gasteiger partial charge is 0.241 e. The molecule has 0 N–H and O–H groups in total. The molecule has 7 nitrogen and oxygen atoms in total. The van der Waals surface area contributed by atoms with Crippen LogP contribution in [0.2, 0.25) is 0 Å². The van der Waals surface area contributed by atoms with E-state index in [-0.39, 0.29) is 0 Å². The maximum absolute atomic E-state index is 5.02. The van der Waals surface area contributed by atoms with E-state index in [1.807, 2.05) is 42.5 Å². The van der Waals surface area contributed by atoms with Crippen molar-refractivity contribution in [1.82, 2.24) is 35.3 Å². The van der Waals surface area contributed by atoms with Crippen LogP contribution in [0.25, 0.3) is 68.1 Å². The van der Waals surface area contributed by atoms with E-state index in [0.717, 1.165) is 33.6 Å². The molecule has 0 spiro atoms. The first kappa shape index (κ1) is 28.8. The fraction of sp³-hybridized carbons (Fsp3) is 0.103. The first-order valence-electron chi connectivity index (χ1n) is 15.2. The van der Waals surface area contributed by atoms with Crippen molar-refractivity contribution >= 4 is 0 Å². The van der Waals surface area contributed by atoms with Crippen molar-refractivity contribution in [2.24, 2.45) is 0 Å². The number of hydrogen-bond acceptors (Lipinski definition) is 7. The molecule has 222 valence electrons. The van der Waals surface area contributed by atoms with Crippen molar-refractivity contribution in [2.75, 3.05) is 0 Å². The van der Waals surface area contributed by atoms with Gasteiger partial charge in [0.15, 0.2) is 0 Å². The Bertz CT molecular complexity index is 2000. The number of nitrogens with zero attached hydrogens (tertiary/aromatic N) is 7. The lowest BCUT2D eigenvalue weighted by Crippen LogP contribution is -2.03. The Labute approximate surface area is 268 Å². The lowest BCUT2D eigenvalue weighted by Gasteiger charge is -2.11. The standard InChI is InChI=1S/C39H31N7/c1-24-8-16-28(17-9-24)34-36(30-20-12-26(3)13-21-30)43-45-38(41-34)32-6-5-7-33(40-32)39-42-35(29-18-10-25(2)11-19-29)37(44-46-39)31-22-14-27(4)15-23-31/h5-23H,1-4H3. The summed E-state index contributed by atoms with van der Waals surface area (Å²) in [6.45, 7) is 8.27. The van der Waals surface area contributed by atoms with Crippen LogP contribution >= 0.6 is 0 Å². The summed E-state index contributed by atoms with van der Waals surface area (Å²) >= 11 is 0. The third-order valence-corrected chi connectivity index (χ3v) is 7.88. The molecular formula is C39H31N7. The minimum Gasteiger partial charge on any atom is -0.241 e. The summed E-state index contributed by atoms with van der Waals surface area (Å²) in [6, 6.07) is 38.7. The Morgan fingerprint density at radius 2 is 0.609 bits per heavy atom. The van der Waals surface area contributed by atoms with E-state index in [0.29, 0.717) is 34.4 Å². The number of rotatable bonds is 6. The highest BCUT2D eigenvalue weighted by atomic mass is 15.2. The summed E-state index contributed by atoms with van der Waals surface area (Å²) in [4.78, 5) is 14.9. The van der Waals surface area contributed by atoms with Gasteiger partial charge in [-0.05, 0) is 39.8 Å². The molecule has 0 radical (unpaired) electrons. The molecule has 0 aliphatic heterocycles. The highest BCUT2D eigenvalue weighted by molar-refractivity contribution is 5.80. The van der Waals surface area contributed by atoms with E-state index in [4.69, 9.17) is 15.0 Å². The minimum atomic E-state index is 0.413. The number of hydrogen-bond donors (Lipinski definition) is 0. The van der Waals surface area contributed by atoms with Gasteiger partial charge in [0.1, 0.15) is 34.2 Å². The zero-order valence-electron chi connectivity index (χ0n) is 26.1. The van der Waals surface area contributed by atoms with Crippen LogP contribution in [0.4, 0.5) is 0 Å². The topological polar surface area (TPSA) is 90.2 Å². The second-order valence-electron chi connectivity index (χ2n) is 11.5. The molecule has 0 amide bonds. The lowest BCUT2D eigenvalue weighted by atomic mass is 10.0. The van der Waals surface area contributed by atoms with Gasteiger partial charge in [0.05, 0.1) is 0 Å². The molecule has 3 aromatic heterocycles. The molecule has 0 saturated heterocycles. The molecule has 0 atom stereocenters. The van der Waals surface area contributed by atoms with E-state index in [1.54, 1.807) is 0 Å². The van der Waals surface area contributed by atoms with Gasteiger partial charge in [-0.3, -0.25) is 0 Å². The molecule has 0 unspecified atom stereocenters. The zero-order chi connectivity index (χ0) is 31.6. The van der Waals surface area contributed by atoms with Gasteiger partial charge in [-0.2, -0.15) is 0 Å². The summed E-state index contributed by atoms with van der Waals surface area (Å²) in [5.74, 6) is 0.826. The summed E-state index contributed by atoms with van der Waals surface area (Å²) in [5, 5.41) is 18.4. The normalized spacial score (nSPS) is 11.0. The van der Waals surface area contributed by atoms with Crippen LogP contribution in [0, 0.1) is 27.7 Å². The predicted molar refractivity (Wildman–Crippen MR) is 183 cm³/mol. The highest BCUT2D eigenvalue weighted by Gasteiger charge is 2.18. The van der Waals surface area contributed by atoms with Crippen LogP contribution < -0.4 is 0 Å². The summed E-state index contributed by atoms with van der Waals surface area (Å²) < 4.78 is 0. The van der Waals surface area contributed by atoms with Crippen LogP contribution in [0.5, 0.6) is 0 Å². The van der Waals surface area contributed by atoms with Gasteiger partial charge < -0.3 is 0 Å². The fourth-order valence-electron chi connectivity index (χ4n) is 5.19. The molecule has 46 heavy (non-hydrogen) atoms. The summed E-state index contributed by atoms with van der Waals surface area (Å²) in [5.41, 5.74) is 12.5. The molecule has 7 aromatic rings. The predicted octanol–water partition coefficient (Wildman–Crippen LogP) is 8.69. The van der Waals surface area contributed by atoms with Crippen molar-refractivity contribution < 1.29 is 0 Å². The van der Waals surface area contributed by atoms with Gasteiger partial charge in [-0.25, -0.2) is 15.0 Å². The fourth-order valence-corrected chi connectivity index (χ4v) is 5.19. The maximum Gasteiger partial charge on any atom is 0.201 e. The smallest absolute Gasteiger partial charge is 0.201 e. The second kappa shape index (κ2) is 12.2. The monoisotopic (exact) mass is 597 g/mol. The molecule has 0 aliphatic carbocycles. The third kappa shape index (κ3) is 5.90. The molecule has 0 fully saturated rings. The van der Waals surface area contributed by atoms with Gasteiger partial charge in [-0.1, -0.05) is 125 Å². The van der Waals surface area contributed by atoms with Crippen molar-refractivity contribution in [3.05, 3.63) is 138 Å². The number of aromatic nitrogens is 7. The Balaban J connectivity index is 1.32. The third-order valence-electron chi connectivity index (χ3n) is 7.88. The van der Waals surface area contributed by atoms with E-state index in [9.17, 15) is 0 Å². The SMILES string of the molecule is Cc1ccc(-c2nnc(-c3cccc(-c4nnc(-c5ccc(C)cc5)c(-c5ccc(C)cc5)n4)n3)nc2-c2ccc(C)cc2)cc1. The minimum absolute atomic E-state index is 0.413. The number of benzene rings is 4.